The Kier molecular flexibility index (Phi) is 5.67. The third-order valence-corrected chi connectivity index (χ3v) is 3.65. The standard InChI is InChI=1S/C16H26N2O/c1-3-9-17-12-14-5-7-15(8-6-14)18-10-11-19-16(4-2)13-18/h5-8,16-17H,3-4,9-13H2,1-2H3. The topological polar surface area (TPSA) is 24.5 Å². The van der Waals surface area contributed by atoms with Crippen LogP contribution in [0.5, 0.6) is 0 Å². The molecule has 3 nitrogen and oxygen atoms in total. The van der Waals surface area contributed by atoms with Crippen molar-refractivity contribution >= 4 is 5.69 Å². The molecule has 1 unspecified atom stereocenters. The average molecular weight is 262 g/mol. The van der Waals surface area contributed by atoms with Gasteiger partial charge in [0.15, 0.2) is 0 Å². The van der Waals surface area contributed by atoms with Crippen molar-refractivity contribution in [3.05, 3.63) is 29.8 Å². The molecule has 2 rings (SSSR count). The Morgan fingerprint density at radius 1 is 1.26 bits per heavy atom. The number of anilines is 1. The third-order valence-electron chi connectivity index (χ3n) is 3.65. The Balaban J connectivity index is 1.90. The lowest BCUT2D eigenvalue weighted by Gasteiger charge is -2.34. The summed E-state index contributed by atoms with van der Waals surface area (Å²) in [5.74, 6) is 0. The van der Waals surface area contributed by atoms with Gasteiger partial charge in [0, 0.05) is 25.3 Å². The maximum Gasteiger partial charge on any atom is 0.0748 e. The van der Waals surface area contributed by atoms with Crippen LogP contribution in [0.1, 0.15) is 32.3 Å². The van der Waals surface area contributed by atoms with Gasteiger partial charge in [-0.1, -0.05) is 26.0 Å². The molecule has 0 radical (unpaired) electrons. The zero-order chi connectivity index (χ0) is 13.5. The molecular formula is C16H26N2O. The second-order valence-electron chi connectivity index (χ2n) is 5.19. The van der Waals surface area contributed by atoms with E-state index in [1.54, 1.807) is 0 Å². The maximum atomic E-state index is 5.72. The first-order valence-corrected chi connectivity index (χ1v) is 7.49. The molecule has 0 spiro atoms. The average Bonchev–Trinajstić information content (AvgIpc) is 2.48. The predicted molar refractivity (Wildman–Crippen MR) is 80.7 cm³/mol. The molecule has 1 atom stereocenters. The van der Waals surface area contributed by atoms with Gasteiger partial charge in [0.05, 0.1) is 12.7 Å². The number of ether oxygens (including phenoxy) is 1. The van der Waals surface area contributed by atoms with E-state index >= 15 is 0 Å². The highest BCUT2D eigenvalue weighted by atomic mass is 16.5. The molecule has 0 aromatic heterocycles. The number of hydrogen-bond acceptors (Lipinski definition) is 3. The molecule has 0 amide bonds. The molecule has 1 saturated heterocycles. The molecule has 3 heteroatoms. The maximum absolute atomic E-state index is 5.72. The van der Waals surface area contributed by atoms with E-state index in [0.29, 0.717) is 6.10 Å². The van der Waals surface area contributed by atoms with Gasteiger partial charge < -0.3 is 15.0 Å². The van der Waals surface area contributed by atoms with Gasteiger partial charge in [-0.2, -0.15) is 0 Å². The Morgan fingerprint density at radius 3 is 2.74 bits per heavy atom. The predicted octanol–water partition coefficient (Wildman–Crippen LogP) is 2.80. The van der Waals surface area contributed by atoms with Crippen molar-refractivity contribution in [3.8, 4) is 0 Å². The lowest BCUT2D eigenvalue weighted by atomic mass is 10.1. The van der Waals surface area contributed by atoms with Crippen LogP contribution >= 0.6 is 0 Å². The second-order valence-corrected chi connectivity index (χ2v) is 5.19. The zero-order valence-electron chi connectivity index (χ0n) is 12.2. The largest absolute Gasteiger partial charge is 0.375 e. The molecule has 1 heterocycles. The Hall–Kier alpha value is -1.06. The normalized spacial score (nSPS) is 19.7. The smallest absolute Gasteiger partial charge is 0.0748 e. The quantitative estimate of drug-likeness (QED) is 0.798. The summed E-state index contributed by atoms with van der Waals surface area (Å²) in [5, 5.41) is 3.43. The van der Waals surface area contributed by atoms with Crippen LogP contribution in [0.2, 0.25) is 0 Å². The highest BCUT2D eigenvalue weighted by Gasteiger charge is 2.18. The Bertz CT molecular complexity index is 364. The molecule has 1 fully saturated rings. The summed E-state index contributed by atoms with van der Waals surface area (Å²) < 4.78 is 5.72. The van der Waals surface area contributed by atoms with Crippen LogP contribution in [0.25, 0.3) is 0 Å². The molecular weight excluding hydrogens is 236 g/mol. The molecule has 0 saturated carbocycles. The molecule has 1 N–H and O–H groups in total. The van der Waals surface area contributed by atoms with E-state index < -0.39 is 0 Å². The molecule has 1 aromatic carbocycles. The van der Waals surface area contributed by atoms with Crippen molar-refractivity contribution < 1.29 is 4.74 Å². The number of nitrogens with zero attached hydrogens (tertiary/aromatic N) is 1. The van der Waals surface area contributed by atoms with Gasteiger partial charge in [-0.05, 0) is 37.1 Å². The molecule has 1 aromatic rings. The minimum atomic E-state index is 0.389. The Labute approximate surface area is 116 Å². The van der Waals surface area contributed by atoms with Crippen LogP contribution in [0.4, 0.5) is 5.69 Å². The lowest BCUT2D eigenvalue weighted by Crippen LogP contribution is -2.42. The molecule has 0 bridgehead atoms. The first kappa shape index (κ1) is 14.4. The monoisotopic (exact) mass is 262 g/mol. The number of nitrogens with one attached hydrogen (secondary N) is 1. The first-order chi connectivity index (χ1) is 9.33. The van der Waals surface area contributed by atoms with Gasteiger partial charge >= 0.3 is 0 Å². The minimum Gasteiger partial charge on any atom is -0.375 e. The van der Waals surface area contributed by atoms with E-state index in [9.17, 15) is 0 Å². The van der Waals surface area contributed by atoms with Crippen molar-refractivity contribution in [3.63, 3.8) is 0 Å². The van der Waals surface area contributed by atoms with Crippen LogP contribution in [0.3, 0.4) is 0 Å². The number of benzene rings is 1. The van der Waals surface area contributed by atoms with Gasteiger partial charge in [-0.15, -0.1) is 0 Å². The fourth-order valence-corrected chi connectivity index (χ4v) is 2.43. The SMILES string of the molecule is CCCNCc1ccc(N2CCOC(CC)C2)cc1. The summed E-state index contributed by atoms with van der Waals surface area (Å²) in [7, 11) is 0. The summed E-state index contributed by atoms with van der Waals surface area (Å²) in [6, 6.07) is 8.94. The molecule has 19 heavy (non-hydrogen) atoms. The van der Waals surface area contributed by atoms with E-state index in [2.05, 4.69) is 48.3 Å². The lowest BCUT2D eigenvalue weighted by molar-refractivity contribution is 0.0384. The first-order valence-electron chi connectivity index (χ1n) is 7.49. The fraction of sp³-hybridized carbons (Fsp3) is 0.625. The van der Waals surface area contributed by atoms with Gasteiger partial charge in [-0.3, -0.25) is 0 Å². The molecule has 1 aliphatic heterocycles. The zero-order valence-corrected chi connectivity index (χ0v) is 12.2. The summed E-state index contributed by atoms with van der Waals surface area (Å²) in [6.45, 7) is 9.31. The molecule has 1 aliphatic rings. The minimum absolute atomic E-state index is 0.389. The highest BCUT2D eigenvalue weighted by molar-refractivity contribution is 5.48. The summed E-state index contributed by atoms with van der Waals surface area (Å²) >= 11 is 0. The van der Waals surface area contributed by atoms with Gasteiger partial charge in [0.2, 0.25) is 0 Å². The van der Waals surface area contributed by atoms with Crippen molar-refractivity contribution in [2.45, 2.75) is 39.3 Å². The van der Waals surface area contributed by atoms with E-state index in [-0.39, 0.29) is 0 Å². The molecule has 106 valence electrons. The van der Waals surface area contributed by atoms with E-state index in [1.807, 2.05) is 0 Å². The van der Waals surface area contributed by atoms with Crippen molar-refractivity contribution in [2.24, 2.45) is 0 Å². The third kappa shape index (κ3) is 4.22. The fourth-order valence-electron chi connectivity index (χ4n) is 2.43. The highest BCUT2D eigenvalue weighted by Crippen LogP contribution is 2.19. The summed E-state index contributed by atoms with van der Waals surface area (Å²) in [5.41, 5.74) is 2.68. The number of morpholine rings is 1. The van der Waals surface area contributed by atoms with Gasteiger partial charge in [0.25, 0.3) is 0 Å². The van der Waals surface area contributed by atoms with Crippen molar-refractivity contribution in [1.82, 2.24) is 5.32 Å². The summed E-state index contributed by atoms with van der Waals surface area (Å²) in [4.78, 5) is 2.43. The van der Waals surface area contributed by atoms with Crippen LogP contribution in [-0.2, 0) is 11.3 Å². The van der Waals surface area contributed by atoms with E-state index in [4.69, 9.17) is 4.74 Å². The van der Waals surface area contributed by atoms with Crippen LogP contribution < -0.4 is 10.2 Å². The number of rotatable bonds is 6. The van der Waals surface area contributed by atoms with Gasteiger partial charge in [0.1, 0.15) is 0 Å². The second kappa shape index (κ2) is 7.51. The van der Waals surface area contributed by atoms with Crippen LogP contribution in [-0.4, -0.2) is 32.3 Å². The molecule has 0 aliphatic carbocycles. The van der Waals surface area contributed by atoms with Crippen molar-refractivity contribution in [2.75, 3.05) is 31.1 Å². The Morgan fingerprint density at radius 2 is 2.05 bits per heavy atom. The van der Waals surface area contributed by atoms with Crippen LogP contribution in [0, 0.1) is 0 Å². The van der Waals surface area contributed by atoms with Gasteiger partial charge in [-0.25, -0.2) is 0 Å². The van der Waals surface area contributed by atoms with E-state index in [0.717, 1.165) is 39.2 Å². The van der Waals surface area contributed by atoms with E-state index in [1.165, 1.54) is 17.7 Å². The van der Waals surface area contributed by atoms with Crippen molar-refractivity contribution in [1.29, 1.82) is 0 Å². The number of hydrogen-bond donors (Lipinski definition) is 1. The van der Waals surface area contributed by atoms with Crippen LogP contribution in [0.15, 0.2) is 24.3 Å². The summed E-state index contributed by atoms with van der Waals surface area (Å²) in [6.07, 6.45) is 2.67.